The molecule has 1 atom stereocenters. The number of amides is 2. The molecular formula is C42H48N2O8. The molecule has 52 heavy (non-hydrogen) atoms. The lowest BCUT2D eigenvalue weighted by atomic mass is 9.97. The third kappa shape index (κ3) is 10.8. The summed E-state index contributed by atoms with van der Waals surface area (Å²) in [5.41, 5.74) is 4.12. The molecule has 6 rings (SSSR count). The van der Waals surface area contributed by atoms with E-state index in [9.17, 15) is 19.5 Å². The predicted molar refractivity (Wildman–Crippen MR) is 197 cm³/mol. The van der Waals surface area contributed by atoms with Gasteiger partial charge in [-0.25, -0.2) is 9.59 Å². The molecule has 2 heterocycles. The second-order valence-corrected chi connectivity index (χ2v) is 14.9. The van der Waals surface area contributed by atoms with Crippen molar-refractivity contribution < 1.29 is 38.4 Å². The highest BCUT2D eigenvalue weighted by atomic mass is 16.6. The van der Waals surface area contributed by atoms with Crippen LogP contribution in [0, 0.1) is 0 Å². The fraction of sp³-hybridized carbons (Fsp3) is 0.357. The maximum atomic E-state index is 12.5. The minimum Gasteiger partial charge on any atom is -0.489 e. The molecule has 2 aliphatic rings. The number of Topliss-reactive ketones (excluding diaryl/α,β-unsaturated/α-hetero) is 1. The van der Waals surface area contributed by atoms with Crippen molar-refractivity contribution in [2.24, 2.45) is 0 Å². The van der Waals surface area contributed by atoms with E-state index in [1.807, 2.05) is 112 Å². The Labute approximate surface area is 305 Å². The summed E-state index contributed by atoms with van der Waals surface area (Å²) >= 11 is 0. The van der Waals surface area contributed by atoms with Crippen LogP contribution < -0.4 is 9.47 Å². The molecule has 4 aromatic carbocycles. The maximum Gasteiger partial charge on any atom is 0.411 e. The first kappa shape index (κ1) is 37.9. The van der Waals surface area contributed by atoms with Gasteiger partial charge in [0.2, 0.25) is 0 Å². The Morgan fingerprint density at radius 2 is 1.13 bits per heavy atom. The average Bonchev–Trinajstić information content (AvgIpc) is 3.09. The van der Waals surface area contributed by atoms with Crippen LogP contribution in [0.3, 0.4) is 0 Å². The van der Waals surface area contributed by atoms with Gasteiger partial charge in [0.1, 0.15) is 35.9 Å². The normalized spacial score (nSPS) is 15.4. The molecule has 0 fully saturated rings. The molecule has 274 valence electrons. The number of carbonyl (C=O) groups is 3. The summed E-state index contributed by atoms with van der Waals surface area (Å²) in [5, 5.41) is 10.5. The summed E-state index contributed by atoms with van der Waals surface area (Å²) in [5.74, 6) is 1.24. The SMILES string of the molecule is CC(C)(C)OC(=O)N1CC(=O)c2cc(OCc3ccccc3)ccc2C1.CC(C)(C)OC(=O)N1Cc2ccc(OCc3ccccc3)cc2C(O)C1. The number of rotatable bonds is 6. The minimum absolute atomic E-state index is 0.0179. The number of ether oxygens (including phenoxy) is 4. The lowest BCUT2D eigenvalue weighted by molar-refractivity contribution is 0.00821. The fourth-order valence-corrected chi connectivity index (χ4v) is 5.66. The Kier molecular flexibility index (Phi) is 11.9. The van der Waals surface area contributed by atoms with E-state index in [0.717, 1.165) is 27.8 Å². The van der Waals surface area contributed by atoms with Gasteiger partial charge in [0.05, 0.1) is 25.7 Å². The number of aliphatic hydroxyl groups excluding tert-OH is 1. The molecule has 0 aromatic heterocycles. The largest absolute Gasteiger partial charge is 0.489 e. The van der Waals surface area contributed by atoms with Gasteiger partial charge < -0.3 is 29.0 Å². The molecule has 0 aliphatic carbocycles. The van der Waals surface area contributed by atoms with Crippen LogP contribution in [0.1, 0.15) is 85.8 Å². The summed E-state index contributed by atoms with van der Waals surface area (Å²) in [4.78, 5) is 39.9. The fourth-order valence-electron chi connectivity index (χ4n) is 5.66. The van der Waals surface area contributed by atoms with Crippen LogP contribution in [0.5, 0.6) is 11.5 Å². The molecule has 4 aromatic rings. The second-order valence-electron chi connectivity index (χ2n) is 14.9. The Balaban J connectivity index is 0.000000201. The Bertz CT molecular complexity index is 1850. The van der Waals surface area contributed by atoms with Crippen LogP contribution in [0.2, 0.25) is 0 Å². The first-order valence-corrected chi connectivity index (χ1v) is 17.4. The standard InChI is InChI=1S/C21H25NO4.C21H23NO4/c2*1-21(2,3)26-20(24)22-12-16-9-10-17(11-18(16)19(23)13-22)25-14-15-7-5-4-6-8-15/h4-11,19,23H,12-14H2,1-3H3;4-11H,12-14H2,1-3H3. The van der Waals surface area contributed by atoms with Crippen molar-refractivity contribution in [2.45, 2.75) is 85.2 Å². The number of hydrogen-bond acceptors (Lipinski definition) is 8. The van der Waals surface area contributed by atoms with Crippen LogP contribution in [0.4, 0.5) is 9.59 Å². The van der Waals surface area contributed by atoms with Crippen molar-refractivity contribution >= 4 is 18.0 Å². The molecule has 1 N–H and O–H groups in total. The van der Waals surface area contributed by atoms with Crippen LogP contribution in [-0.4, -0.2) is 57.2 Å². The Morgan fingerprint density at radius 1 is 0.654 bits per heavy atom. The number of nitrogens with zero attached hydrogens (tertiary/aromatic N) is 2. The first-order chi connectivity index (χ1) is 24.6. The Hall–Kier alpha value is -5.35. The minimum atomic E-state index is -0.758. The Morgan fingerprint density at radius 3 is 1.67 bits per heavy atom. The zero-order chi connectivity index (χ0) is 37.5. The number of hydrogen-bond donors (Lipinski definition) is 1. The summed E-state index contributed by atoms with van der Waals surface area (Å²) in [7, 11) is 0. The van der Waals surface area contributed by atoms with Crippen molar-refractivity contribution in [3.05, 3.63) is 130 Å². The number of fused-ring (bicyclic) bond motifs is 2. The average molecular weight is 709 g/mol. The molecule has 0 spiro atoms. The third-order valence-corrected chi connectivity index (χ3v) is 8.11. The highest BCUT2D eigenvalue weighted by Crippen LogP contribution is 2.31. The molecule has 2 amide bonds. The smallest absolute Gasteiger partial charge is 0.411 e. The van der Waals surface area contributed by atoms with Crippen molar-refractivity contribution in [2.75, 3.05) is 13.1 Å². The molecule has 1 unspecified atom stereocenters. The van der Waals surface area contributed by atoms with E-state index in [1.165, 1.54) is 9.80 Å². The highest BCUT2D eigenvalue weighted by molar-refractivity contribution is 6.01. The zero-order valence-corrected chi connectivity index (χ0v) is 30.8. The third-order valence-electron chi connectivity index (χ3n) is 8.11. The molecule has 0 saturated heterocycles. The van der Waals surface area contributed by atoms with E-state index in [-0.39, 0.29) is 18.9 Å². The summed E-state index contributed by atoms with van der Waals surface area (Å²) < 4.78 is 22.4. The molecule has 10 heteroatoms. The van der Waals surface area contributed by atoms with Gasteiger partial charge in [0, 0.05) is 12.1 Å². The van der Waals surface area contributed by atoms with Crippen molar-refractivity contribution in [1.82, 2.24) is 9.80 Å². The van der Waals surface area contributed by atoms with E-state index in [4.69, 9.17) is 18.9 Å². The van der Waals surface area contributed by atoms with Gasteiger partial charge in [0.25, 0.3) is 0 Å². The van der Waals surface area contributed by atoms with Crippen LogP contribution in [-0.2, 0) is 35.8 Å². The quantitative estimate of drug-likeness (QED) is 0.213. The predicted octanol–water partition coefficient (Wildman–Crippen LogP) is 8.25. The van der Waals surface area contributed by atoms with E-state index in [0.29, 0.717) is 43.4 Å². The van der Waals surface area contributed by atoms with E-state index >= 15 is 0 Å². The van der Waals surface area contributed by atoms with E-state index in [2.05, 4.69) is 0 Å². The molecule has 2 aliphatic heterocycles. The van der Waals surface area contributed by atoms with Gasteiger partial charge in [-0.2, -0.15) is 0 Å². The van der Waals surface area contributed by atoms with Gasteiger partial charge >= 0.3 is 12.2 Å². The number of aliphatic hydroxyl groups is 1. The molecule has 10 nitrogen and oxygen atoms in total. The second kappa shape index (κ2) is 16.3. The lowest BCUT2D eigenvalue weighted by Crippen LogP contribution is -2.42. The summed E-state index contributed by atoms with van der Waals surface area (Å²) in [6, 6.07) is 30.8. The topological polar surface area (TPSA) is 115 Å². The molecular weight excluding hydrogens is 660 g/mol. The van der Waals surface area contributed by atoms with Gasteiger partial charge in [-0.3, -0.25) is 9.69 Å². The molecule has 0 bridgehead atoms. The van der Waals surface area contributed by atoms with Gasteiger partial charge in [-0.15, -0.1) is 0 Å². The summed E-state index contributed by atoms with van der Waals surface area (Å²) in [6.45, 7) is 12.8. The number of carbonyl (C=O) groups excluding carboxylic acids is 3. The number of ketones is 1. The first-order valence-electron chi connectivity index (χ1n) is 17.4. The van der Waals surface area contributed by atoms with Crippen molar-refractivity contribution in [3.8, 4) is 11.5 Å². The van der Waals surface area contributed by atoms with Gasteiger partial charge in [0.15, 0.2) is 5.78 Å². The van der Waals surface area contributed by atoms with Crippen LogP contribution in [0.25, 0.3) is 0 Å². The highest BCUT2D eigenvalue weighted by Gasteiger charge is 2.31. The van der Waals surface area contributed by atoms with Crippen molar-refractivity contribution in [3.63, 3.8) is 0 Å². The van der Waals surface area contributed by atoms with E-state index in [1.54, 1.807) is 26.8 Å². The van der Waals surface area contributed by atoms with E-state index < -0.39 is 29.5 Å². The summed E-state index contributed by atoms with van der Waals surface area (Å²) in [6.07, 6.45) is -1.64. The molecule has 0 radical (unpaired) electrons. The lowest BCUT2D eigenvalue weighted by Gasteiger charge is -2.33. The van der Waals surface area contributed by atoms with Gasteiger partial charge in [-0.05, 0) is 93.6 Å². The van der Waals surface area contributed by atoms with Crippen molar-refractivity contribution in [1.29, 1.82) is 0 Å². The number of benzene rings is 4. The molecule has 0 saturated carbocycles. The van der Waals surface area contributed by atoms with Crippen LogP contribution >= 0.6 is 0 Å². The van der Waals surface area contributed by atoms with Gasteiger partial charge in [-0.1, -0.05) is 72.8 Å². The van der Waals surface area contributed by atoms with Crippen LogP contribution in [0.15, 0.2) is 97.1 Å². The zero-order valence-electron chi connectivity index (χ0n) is 30.8. The maximum absolute atomic E-state index is 12.5. The number of β-amino-alcohol motifs (C(OH)–C–C–N with tert-alkyl or cyclic N) is 1. The monoisotopic (exact) mass is 708 g/mol.